The van der Waals surface area contributed by atoms with E-state index >= 15 is 0 Å². The fourth-order valence-corrected chi connectivity index (χ4v) is 2.35. The van der Waals surface area contributed by atoms with Gasteiger partial charge in [0.05, 0.1) is 5.38 Å². The van der Waals surface area contributed by atoms with E-state index in [1.54, 1.807) is 0 Å². The minimum Gasteiger partial charge on any atom is -0.479 e. The molecule has 18 heavy (non-hydrogen) atoms. The second kappa shape index (κ2) is 4.94. The highest BCUT2D eigenvalue weighted by Gasteiger charge is 2.38. The minimum absolute atomic E-state index is 0.0240. The molecule has 0 spiro atoms. The molecule has 4 nitrogen and oxygen atoms in total. The number of nitrogens with zero attached hydrogens (tertiary/aromatic N) is 1. The van der Waals surface area contributed by atoms with E-state index in [0.717, 1.165) is 4.90 Å². The Labute approximate surface area is 108 Å². The molecule has 2 rings (SSSR count). The fourth-order valence-electron chi connectivity index (χ4n) is 2.07. The summed E-state index contributed by atoms with van der Waals surface area (Å²) < 4.78 is 13.6. The summed E-state index contributed by atoms with van der Waals surface area (Å²) in [6.07, 6.45) is 0.0831. The number of carboxylic acid groups (broad SMARTS) is 1. The van der Waals surface area contributed by atoms with Gasteiger partial charge in [0.15, 0.2) is 6.04 Å². The SMILES string of the molecule is O=C(O)C(c1ccccc1F)N1CC(Cl)CC1=O. The smallest absolute Gasteiger partial charge is 0.331 e. The molecular formula is C12H11ClFNO3. The molecule has 1 aliphatic rings. The molecule has 1 aromatic rings. The molecule has 0 aliphatic carbocycles. The van der Waals surface area contributed by atoms with Gasteiger partial charge >= 0.3 is 5.97 Å². The average molecular weight is 272 g/mol. The lowest BCUT2D eigenvalue weighted by Crippen LogP contribution is -2.36. The summed E-state index contributed by atoms with van der Waals surface area (Å²) in [5.41, 5.74) is -0.0240. The van der Waals surface area contributed by atoms with Crippen LogP contribution in [0, 0.1) is 5.82 Å². The first-order chi connectivity index (χ1) is 8.50. The highest BCUT2D eigenvalue weighted by molar-refractivity contribution is 6.22. The molecule has 1 aliphatic heterocycles. The van der Waals surface area contributed by atoms with Crippen molar-refractivity contribution in [1.29, 1.82) is 0 Å². The second-order valence-electron chi connectivity index (χ2n) is 4.11. The largest absolute Gasteiger partial charge is 0.479 e. The number of amides is 1. The van der Waals surface area contributed by atoms with Crippen LogP contribution in [0.1, 0.15) is 18.0 Å². The van der Waals surface area contributed by atoms with Crippen molar-refractivity contribution < 1.29 is 19.1 Å². The maximum Gasteiger partial charge on any atom is 0.331 e. The molecule has 1 amide bonds. The van der Waals surface area contributed by atoms with Crippen molar-refractivity contribution in [2.75, 3.05) is 6.54 Å². The standard InChI is InChI=1S/C12H11ClFNO3/c13-7-5-10(16)15(6-7)11(12(17)18)8-3-1-2-4-9(8)14/h1-4,7,11H,5-6H2,(H,17,18). The molecule has 2 atom stereocenters. The van der Waals surface area contributed by atoms with Crippen LogP contribution in [-0.2, 0) is 9.59 Å². The van der Waals surface area contributed by atoms with E-state index in [9.17, 15) is 19.1 Å². The first-order valence-corrected chi connectivity index (χ1v) is 5.85. The number of likely N-dealkylation sites (tertiary alicyclic amines) is 1. The molecule has 0 radical (unpaired) electrons. The number of carboxylic acids is 1. The van der Waals surface area contributed by atoms with E-state index in [-0.39, 0.29) is 24.4 Å². The summed E-state index contributed by atoms with van der Waals surface area (Å²) in [4.78, 5) is 24.1. The highest BCUT2D eigenvalue weighted by atomic mass is 35.5. The van der Waals surface area contributed by atoms with Gasteiger partial charge in [0.25, 0.3) is 0 Å². The Morgan fingerprint density at radius 1 is 1.50 bits per heavy atom. The van der Waals surface area contributed by atoms with Crippen LogP contribution in [0.5, 0.6) is 0 Å². The van der Waals surface area contributed by atoms with Crippen molar-refractivity contribution >= 4 is 23.5 Å². The number of aliphatic carboxylic acids is 1. The first kappa shape index (κ1) is 12.8. The number of hydrogen-bond acceptors (Lipinski definition) is 2. The summed E-state index contributed by atoms with van der Waals surface area (Å²) in [5.74, 6) is -2.28. The number of carbonyl (C=O) groups is 2. The quantitative estimate of drug-likeness (QED) is 0.853. The van der Waals surface area contributed by atoms with Crippen molar-refractivity contribution in [2.24, 2.45) is 0 Å². The highest BCUT2D eigenvalue weighted by Crippen LogP contribution is 2.29. The molecule has 2 unspecified atom stereocenters. The topological polar surface area (TPSA) is 57.6 Å². The van der Waals surface area contributed by atoms with E-state index in [1.165, 1.54) is 24.3 Å². The molecule has 0 aromatic heterocycles. The van der Waals surface area contributed by atoms with Crippen molar-refractivity contribution in [2.45, 2.75) is 17.8 Å². The Kier molecular flexibility index (Phi) is 3.52. The number of benzene rings is 1. The molecule has 1 aromatic carbocycles. The van der Waals surface area contributed by atoms with Gasteiger partial charge in [-0.25, -0.2) is 9.18 Å². The molecule has 6 heteroatoms. The van der Waals surface area contributed by atoms with Gasteiger partial charge in [-0.1, -0.05) is 18.2 Å². The lowest BCUT2D eigenvalue weighted by molar-refractivity contribution is -0.148. The summed E-state index contributed by atoms with van der Waals surface area (Å²) in [5, 5.41) is 8.79. The Bertz CT molecular complexity index is 494. The zero-order valence-electron chi connectivity index (χ0n) is 9.35. The van der Waals surface area contributed by atoms with Gasteiger partial charge in [0.2, 0.25) is 5.91 Å². The summed E-state index contributed by atoms with van der Waals surface area (Å²) in [6, 6.07) is 4.22. The summed E-state index contributed by atoms with van der Waals surface area (Å²) in [6.45, 7) is 0.117. The minimum atomic E-state index is -1.32. The van der Waals surface area contributed by atoms with Crippen molar-refractivity contribution in [3.8, 4) is 0 Å². The van der Waals surface area contributed by atoms with Gasteiger partial charge in [0.1, 0.15) is 5.82 Å². The number of halogens is 2. The first-order valence-electron chi connectivity index (χ1n) is 5.41. The molecular weight excluding hydrogens is 261 g/mol. The molecule has 1 saturated heterocycles. The van der Waals surface area contributed by atoms with Crippen LogP contribution in [0.4, 0.5) is 4.39 Å². The zero-order chi connectivity index (χ0) is 13.3. The van der Waals surface area contributed by atoms with Gasteiger partial charge in [-0.15, -0.1) is 11.6 Å². The van der Waals surface area contributed by atoms with Crippen LogP contribution in [-0.4, -0.2) is 33.8 Å². The molecule has 1 fully saturated rings. The maximum absolute atomic E-state index is 13.6. The molecule has 0 bridgehead atoms. The average Bonchev–Trinajstić information content (AvgIpc) is 2.61. The Balaban J connectivity index is 2.38. The normalized spacial score (nSPS) is 21.1. The van der Waals surface area contributed by atoms with Crippen molar-refractivity contribution in [3.05, 3.63) is 35.6 Å². The van der Waals surface area contributed by atoms with E-state index < -0.39 is 23.2 Å². The van der Waals surface area contributed by atoms with E-state index in [2.05, 4.69) is 0 Å². The van der Waals surface area contributed by atoms with Crippen LogP contribution in [0.15, 0.2) is 24.3 Å². The number of rotatable bonds is 3. The molecule has 96 valence electrons. The zero-order valence-corrected chi connectivity index (χ0v) is 10.1. The van der Waals surface area contributed by atoms with E-state index in [1.807, 2.05) is 0 Å². The van der Waals surface area contributed by atoms with Gasteiger partial charge in [-0.2, -0.15) is 0 Å². The van der Waals surface area contributed by atoms with Crippen LogP contribution in [0.25, 0.3) is 0 Å². The van der Waals surface area contributed by atoms with Crippen molar-refractivity contribution in [1.82, 2.24) is 4.90 Å². The third-order valence-electron chi connectivity index (χ3n) is 2.86. The molecule has 1 N–H and O–H groups in total. The Morgan fingerprint density at radius 2 is 2.17 bits per heavy atom. The lowest BCUT2D eigenvalue weighted by Gasteiger charge is -2.24. The van der Waals surface area contributed by atoms with Gasteiger partial charge in [-0.3, -0.25) is 4.79 Å². The monoisotopic (exact) mass is 271 g/mol. The van der Waals surface area contributed by atoms with Crippen LogP contribution in [0.3, 0.4) is 0 Å². The predicted octanol–water partition coefficient (Wildman–Crippen LogP) is 1.79. The third kappa shape index (κ3) is 2.31. The number of carbonyl (C=O) groups excluding carboxylic acids is 1. The Morgan fingerprint density at radius 3 is 2.67 bits per heavy atom. The lowest BCUT2D eigenvalue weighted by atomic mass is 10.1. The molecule has 0 saturated carbocycles. The fraction of sp³-hybridized carbons (Fsp3) is 0.333. The van der Waals surface area contributed by atoms with E-state index in [0.29, 0.717) is 0 Å². The predicted molar refractivity (Wildman–Crippen MR) is 62.7 cm³/mol. The third-order valence-corrected chi connectivity index (χ3v) is 3.15. The van der Waals surface area contributed by atoms with Crippen molar-refractivity contribution in [3.63, 3.8) is 0 Å². The van der Waals surface area contributed by atoms with Crippen LogP contribution >= 0.6 is 11.6 Å². The maximum atomic E-state index is 13.6. The molecule has 1 heterocycles. The van der Waals surface area contributed by atoms with Gasteiger partial charge in [-0.05, 0) is 6.07 Å². The summed E-state index contributed by atoms with van der Waals surface area (Å²) in [7, 11) is 0. The second-order valence-corrected chi connectivity index (χ2v) is 4.73. The van der Waals surface area contributed by atoms with Gasteiger partial charge in [0, 0.05) is 18.5 Å². The Hall–Kier alpha value is -1.62. The number of hydrogen-bond donors (Lipinski definition) is 1. The number of alkyl halides is 1. The van der Waals surface area contributed by atoms with E-state index in [4.69, 9.17) is 11.6 Å². The van der Waals surface area contributed by atoms with Crippen LogP contribution in [0.2, 0.25) is 0 Å². The summed E-state index contributed by atoms with van der Waals surface area (Å²) >= 11 is 5.83. The van der Waals surface area contributed by atoms with Crippen LogP contribution < -0.4 is 0 Å². The van der Waals surface area contributed by atoms with Gasteiger partial charge < -0.3 is 10.0 Å².